The van der Waals surface area contributed by atoms with Crippen molar-refractivity contribution < 1.29 is 22.3 Å². The Labute approximate surface area is 276 Å². The summed E-state index contributed by atoms with van der Waals surface area (Å²) in [5, 5.41) is 7.97. The topological polar surface area (TPSA) is 153 Å². The van der Waals surface area contributed by atoms with E-state index in [1.165, 1.54) is 20.2 Å². The van der Waals surface area contributed by atoms with E-state index < -0.39 is 28.3 Å². The molecule has 0 bridgehead atoms. The van der Waals surface area contributed by atoms with Gasteiger partial charge in [0.2, 0.25) is 16.0 Å². The second kappa shape index (κ2) is 13.8. The van der Waals surface area contributed by atoms with Gasteiger partial charge in [0.05, 0.1) is 23.6 Å². The van der Waals surface area contributed by atoms with Gasteiger partial charge < -0.3 is 15.0 Å². The van der Waals surface area contributed by atoms with Gasteiger partial charge in [0.1, 0.15) is 18.4 Å². The van der Waals surface area contributed by atoms with Crippen LogP contribution in [0.15, 0.2) is 83.8 Å². The molecule has 13 nitrogen and oxygen atoms in total. The summed E-state index contributed by atoms with van der Waals surface area (Å²) < 4.78 is 51.2. The van der Waals surface area contributed by atoms with Crippen molar-refractivity contribution in [2.24, 2.45) is 7.05 Å². The number of likely N-dealkylation sites (tertiary alicyclic amines) is 1. The van der Waals surface area contributed by atoms with E-state index in [1.54, 1.807) is 50.5 Å². The first-order valence-corrected chi connectivity index (χ1v) is 17.1. The summed E-state index contributed by atoms with van der Waals surface area (Å²) in [6.45, 7) is 2.28. The molecule has 2 N–H and O–H groups in total. The average Bonchev–Trinajstić information content (AvgIpc) is 3.42. The minimum Gasteiger partial charge on any atom is -0.445 e. The lowest BCUT2D eigenvalue weighted by molar-refractivity contribution is 0.0685. The van der Waals surface area contributed by atoms with Crippen molar-refractivity contribution >= 4 is 38.9 Å². The summed E-state index contributed by atoms with van der Waals surface area (Å²) in [7, 11) is -2.14. The number of benzene rings is 2. The maximum Gasteiger partial charge on any atom is 0.410 e. The number of nitrogens with one attached hydrogen (secondary N) is 2. The molecule has 6 rings (SSSR count). The molecule has 0 spiro atoms. The predicted molar refractivity (Wildman–Crippen MR) is 179 cm³/mol. The third-order valence-electron chi connectivity index (χ3n) is 7.95. The van der Waals surface area contributed by atoms with E-state index in [0.29, 0.717) is 22.3 Å². The fourth-order valence-electron chi connectivity index (χ4n) is 5.75. The van der Waals surface area contributed by atoms with Crippen molar-refractivity contribution in [3.05, 3.63) is 100 Å². The number of carbonyl (C=O) groups is 1. The fraction of sp³-hybridized carbons (Fsp3) is 0.303. The van der Waals surface area contributed by atoms with Crippen LogP contribution in [0, 0.1) is 0 Å². The number of halogens is 1. The van der Waals surface area contributed by atoms with E-state index in [-0.39, 0.29) is 61.3 Å². The van der Waals surface area contributed by atoms with Crippen LogP contribution in [-0.2, 0) is 40.7 Å². The Bertz CT molecular complexity index is 2090. The number of alkyl halides is 1. The molecule has 15 heteroatoms. The standard InChI is InChI=1S/C33H35FN8O5S/c1-3-42-30-24(14-27(31(42)43)28-16-29(38-40(28)2)39-48(45,46)21-23-12-8-5-9-13-23)17-35-32(37-30)36-26-15-25(34)18-41(19-26)33(44)47-20-22-10-6-4-7-11-22/h4-14,16-17,25-26H,3,15,18-21H2,1-2H3,(H,38,39)(H,35,36,37)/t25-,26-/m0/s1. The van der Waals surface area contributed by atoms with E-state index in [1.807, 2.05) is 36.4 Å². The summed E-state index contributed by atoms with van der Waals surface area (Å²) >= 11 is 0. The lowest BCUT2D eigenvalue weighted by Crippen LogP contribution is -2.50. The summed E-state index contributed by atoms with van der Waals surface area (Å²) in [5.74, 6) is 0.0394. The molecular weight excluding hydrogens is 639 g/mol. The number of piperidine rings is 1. The van der Waals surface area contributed by atoms with Crippen LogP contribution in [0.2, 0.25) is 0 Å². The van der Waals surface area contributed by atoms with Gasteiger partial charge in [-0.25, -0.2) is 22.6 Å². The van der Waals surface area contributed by atoms with Crippen LogP contribution >= 0.6 is 0 Å². The van der Waals surface area contributed by atoms with Crippen molar-refractivity contribution in [3.8, 4) is 11.3 Å². The van der Waals surface area contributed by atoms with E-state index in [2.05, 4.69) is 25.1 Å². The van der Waals surface area contributed by atoms with Gasteiger partial charge in [-0.1, -0.05) is 60.7 Å². The highest BCUT2D eigenvalue weighted by Gasteiger charge is 2.31. The molecule has 0 radical (unpaired) electrons. The van der Waals surface area contributed by atoms with Crippen LogP contribution in [0.1, 0.15) is 24.5 Å². The lowest BCUT2D eigenvalue weighted by Gasteiger charge is -2.34. The molecule has 3 aromatic heterocycles. The summed E-state index contributed by atoms with van der Waals surface area (Å²) in [5.41, 5.74) is 2.15. The van der Waals surface area contributed by atoms with Crippen LogP contribution in [0.5, 0.6) is 0 Å². The molecule has 1 fully saturated rings. The Morgan fingerprint density at radius 1 is 1.04 bits per heavy atom. The zero-order valence-corrected chi connectivity index (χ0v) is 27.2. The first kappa shape index (κ1) is 32.6. The molecule has 1 saturated heterocycles. The molecule has 5 aromatic rings. The highest BCUT2D eigenvalue weighted by Crippen LogP contribution is 2.25. The van der Waals surface area contributed by atoms with Gasteiger partial charge >= 0.3 is 6.09 Å². The van der Waals surface area contributed by atoms with E-state index in [4.69, 9.17) is 4.74 Å². The number of pyridine rings is 1. The maximum atomic E-state index is 14.7. The largest absolute Gasteiger partial charge is 0.445 e. The van der Waals surface area contributed by atoms with E-state index >= 15 is 0 Å². The highest BCUT2D eigenvalue weighted by molar-refractivity contribution is 7.91. The van der Waals surface area contributed by atoms with Crippen molar-refractivity contribution in [3.63, 3.8) is 0 Å². The Morgan fingerprint density at radius 3 is 2.46 bits per heavy atom. The fourth-order valence-corrected chi connectivity index (χ4v) is 6.87. The zero-order valence-electron chi connectivity index (χ0n) is 26.4. The van der Waals surface area contributed by atoms with Crippen LogP contribution in [-0.4, -0.2) is 69.0 Å². The van der Waals surface area contributed by atoms with Crippen LogP contribution in [0.4, 0.5) is 21.0 Å². The van der Waals surface area contributed by atoms with Gasteiger partial charge in [0.15, 0.2) is 5.82 Å². The summed E-state index contributed by atoms with van der Waals surface area (Å²) in [6.07, 6.45) is -0.186. The number of anilines is 2. The smallest absolute Gasteiger partial charge is 0.410 e. The molecule has 1 aliphatic heterocycles. The highest BCUT2D eigenvalue weighted by atomic mass is 32.2. The summed E-state index contributed by atoms with van der Waals surface area (Å²) in [6, 6.07) is 20.7. The number of hydrogen-bond acceptors (Lipinski definition) is 9. The second-order valence-electron chi connectivity index (χ2n) is 11.6. The van der Waals surface area contributed by atoms with Gasteiger partial charge in [0.25, 0.3) is 5.56 Å². The first-order chi connectivity index (χ1) is 23.1. The minimum atomic E-state index is -3.76. The Hall–Kier alpha value is -5.31. The summed E-state index contributed by atoms with van der Waals surface area (Å²) in [4.78, 5) is 36.8. The molecule has 1 aliphatic rings. The molecule has 4 heterocycles. The van der Waals surface area contributed by atoms with E-state index in [9.17, 15) is 22.4 Å². The Kier molecular flexibility index (Phi) is 9.39. The van der Waals surface area contributed by atoms with Gasteiger partial charge in [-0.05, 0) is 24.1 Å². The number of aryl methyl sites for hydroxylation is 2. The molecule has 0 unspecified atom stereocenters. The second-order valence-corrected chi connectivity index (χ2v) is 13.3. The lowest BCUT2D eigenvalue weighted by atomic mass is 10.0. The molecule has 2 aromatic carbocycles. The SMILES string of the molecule is CCn1c(=O)c(-c2cc(NS(=O)(=O)Cc3ccccc3)nn2C)cc2cnc(N[C@H]3C[C@H](F)CN(C(=O)OCc4ccccc4)C3)nc21. The maximum absolute atomic E-state index is 14.7. The number of fused-ring (bicyclic) bond motifs is 1. The van der Waals surface area contributed by atoms with Gasteiger partial charge in [0, 0.05) is 50.2 Å². The number of amides is 1. The quantitative estimate of drug-likeness (QED) is 0.221. The average molecular weight is 675 g/mol. The number of ether oxygens (including phenoxy) is 1. The van der Waals surface area contributed by atoms with E-state index in [0.717, 1.165) is 5.56 Å². The van der Waals surface area contributed by atoms with Crippen LogP contribution < -0.4 is 15.6 Å². The minimum absolute atomic E-state index is 0.0767. The predicted octanol–water partition coefficient (Wildman–Crippen LogP) is 4.31. The molecule has 48 heavy (non-hydrogen) atoms. The Morgan fingerprint density at radius 2 is 1.75 bits per heavy atom. The van der Waals surface area contributed by atoms with Gasteiger partial charge in [-0.15, -0.1) is 0 Å². The normalized spacial score (nSPS) is 16.5. The molecule has 2 atom stereocenters. The molecule has 0 saturated carbocycles. The monoisotopic (exact) mass is 674 g/mol. The molecule has 250 valence electrons. The number of carbonyl (C=O) groups excluding carboxylic acids is 1. The number of nitrogens with zero attached hydrogens (tertiary/aromatic N) is 6. The van der Waals surface area contributed by atoms with Gasteiger partial charge in [-0.3, -0.25) is 18.8 Å². The molecule has 0 aliphatic carbocycles. The zero-order chi connectivity index (χ0) is 33.8. The third kappa shape index (κ3) is 7.46. The number of aromatic nitrogens is 5. The number of sulfonamides is 1. The van der Waals surface area contributed by atoms with Crippen molar-refractivity contribution in [2.75, 3.05) is 23.1 Å². The number of hydrogen-bond donors (Lipinski definition) is 2. The van der Waals surface area contributed by atoms with Crippen molar-refractivity contribution in [2.45, 2.75) is 44.5 Å². The third-order valence-corrected chi connectivity index (χ3v) is 9.19. The van der Waals surface area contributed by atoms with Gasteiger partial charge in [-0.2, -0.15) is 10.1 Å². The van der Waals surface area contributed by atoms with Crippen LogP contribution in [0.3, 0.4) is 0 Å². The molecular formula is C33H35FN8O5S. The van der Waals surface area contributed by atoms with Crippen molar-refractivity contribution in [1.82, 2.24) is 29.2 Å². The van der Waals surface area contributed by atoms with Crippen LogP contribution in [0.25, 0.3) is 22.3 Å². The Balaban J connectivity index is 1.19. The van der Waals surface area contributed by atoms with Crippen molar-refractivity contribution in [1.29, 1.82) is 0 Å². The molecule has 1 amide bonds. The number of rotatable bonds is 10. The first-order valence-electron chi connectivity index (χ1n) is 15.4.